The van der Waals surface area contributed by atoms with Gasteiger partial charge in [0.15, 0.2) is 0 Å². The lowest BCUT2D eigenvalue weighted by molar-refractivity contribution is -0.130. The topological polar surface area (TPSA) is 101 Å². The molecule has 2 amide bonds. The monoisotopic (exact) mass is 433 g/mol. The molecule has 166 valence electrons. The minimum Gasteiger partial charge on any atom is -0.496 e. The van der Waals surface area contributed by atoms with Crippen molar-refractivity contribution in [2.24, 2.45) is 5.92 Å². The molecule has 0 radical (unpaired) electrons. The second kappa shape index (κ2) is 9.82. The number of benzene rings is 1. The molecule has 0 saturated heterocycles. The van der Waals surface area contributed by atoms with Crippen LogP contribution in [0, 0.1) is 17.6 Å². The van der Waals surface area contributed by atoms with Gasteiger partial charge in [-0.05, 0) is 44.4 Å². The predicted octanol–water partition coefficient (Wildman–Crippen LogP) is 3.03. The lowest BCUT2D eigenvalue weighted by Gasteiger charge is -2.29. The van der Waals surface area contributed by atoms with Gasteiger partial charge in [-0.15, -0.1) is 0 Å². The first-order valence-electron chi connectivity index (χ1n) is 10.1. The van der Waals surface area contributed by atoms with E-state index in [2.05, 4.69) is 15.6 Å². The summed E-state index contributed by atoms with van der Waals surface area (Å²) in [6.45, 7) is 1.39. The molecule has 1 aliphatic carbocycles. The Morgan fingerprint density at radius 2 is 2.00 bits per heavy atom. The minimum atomic E-state index is -1.11. The van der Waals surface area contributed by atoms with E-state index in [1.807, 2.05) is 0 Å². The Kier molecular flexibility index (Phi) is 7.17. The van der Waals surface area contributed by atoms with Gasteiger partial charge in [-0.1, -0.05) is 6.42 Å². The minimum absolute atomic E-state index is 0.118. The molecule has 2 aromatic rings. The first-order valence-corrected chi connectivity index (χ1v) is 10.1. The summed E-state index contributed by atoms with van der Waals surface area (Å²) in [6, 6.07) is 4.91. The highest BCUT2D eigenvalue weighted by Crippen LogP contribution is 2.33. The highest BCUT2D eigenvalue weighted by molar-refractivity contribution is 5.92. The summed E-state index contributed by atoms with van der Waals surface area (Å²) in [6.07, 6.45) is 2.43. The molecule has 1 saturated carbocycles. The summed E-state index contributed by atoms with van der Waals surface area (Å²) in [5, 5.41) is 14.8. The van der Waals surface area contributed by atoms with Crippen molar-refractivity contribution in [1.29, 1.82) is 0 Å². The number of methoxy groups -OCH3 is 1. The van der Waals surface area contributed by atoms with Crippen molar-refractivity contribution >= 4 is 17.6 Å². The molecule has 1 fully saturated rings. The van der Waals surface area contributed by atoms with Crippen LogP contribution in [0.1, 0.15) is 32.6 Å². The maximum Gasteiger partial charge on any atom is 0.248 e. The molecule has 3 rings (SSSR count). The lowest BCUT2D eigenvalue weighted by atomic mass is 9.85. The van der Waals surface area contributed by atoms with Crippen molar-refractivity contribution in [1.82, 2.24) is 10.3 Å². The fraction of sp³-hybridized carbons (Fsp3) is 0.409. The molecule has 1 aromatic heterocycles. The van der Waals surface area contributed by atoms with Crippen molar-refractivity contribution in [3.05, 3.63) is 42.1 Å². The second-order valence-electron chi connectivity index (χ2n) is 7.63. The van der Waals surface area contributed by atoms with E-state index in [1.165, 1.54) is 32.2 Å². The number of hydrogen-bond acceptors (Lipinski definition) is 5. The van der Waals surface area contributed by atoms with Crippen LogP contribution in [0.15, 0.2) is 30.5 Å². The van der Waals surface area contributed by atoms with Gasteiger partial charge in [-0.2, -0.15) is 0 Å². The van der Waals surface area contributed by atoms with Crippen LogP contribution >= 0.6 is 0 Å². The summed E-state index contributed by atoms with van der Waals surface area (Å²) in [7, 11) is 1.36. The number of halogens is 2. The third kappa shape index (κ3) is 5.55. The zero-order valence-corrected chi connectivity index (χ0v) is 17.3. The van der Waals surface area contributed by atoms with Gasteiger partial charge in [0.25, 0.3) is 0 Å². The summed E-state index contributed by atoms with van der Waals surface area (Å²) >= 11 is 0. The molecule has 3 N–H and O–H groups in total. The smallest absolute Gasteiger partial charge is 0.248 e. The Labute approximate surface area is 178 Å². The van der Waals surface area contributed by atoms with E-state index < -0.39 is 23.6 Å². The number of anilines is 1. The largest absolute Gasteiger partial charge is 0.496 e. The van der Waals surface area contributed by atoms with Gasteiger partial charge in [0.05, 0.1) is 13.3 Å². The van der Waals surface area contributed by atoms with Gasteiger partial charge in [0, 0.05) is 29.2 Å². The van der Waals surface area contributed by atoms with Gasteiger partial charge in [0.2, 0.25) is 11.8 Å². The number of aliphatic hydroxyl groups excluding tert-OH is 1. The number of ether oxygens (including phenoxy) is 1. The number of carbonyl (C=O) groups is 2. The number of aliphatic hydroxyl groups is 1. The third-order valence-corrected chi connectivity index (χ3v) is 5.33. The molecule has 9 heteroatoms. The van der Waals surface area contributed by atoms with Gasteiger partial charge >= 0.3 is 0 Å². The number of nitrogens with one attached hydrogen (secondary N) is 2. The summed E-state index contributed by atoms with van der Waals surface area (Å²) in [4.78, 5) is 28.4. The van der Waals surface area contributed by atoms with Crippen molar-refractivity contribution in [2.75, 3.05) is 12.4 Å². The summed E-state index contributed by atoms with van der Waals surface area (Å²) in [5.41, 5.74) is 0.450. The molecule has 0 bridgehead atoms. The average molecular weight is 433 g/mol. The van der Waals surface area contributed by atoms with Crippen LogP contribution in [-0.4, -0.2) is 41.2 Å². The van der Waals surface area contributed by atoms with E-state index in [0.717, 1.165) is 25.1 Å². The fourth-order valence-corrected chi connectivity index (χ4v) is 3.71. The second-order valence-corrected chi connectivity index (χ2v) is 7.63. The number of aromatic nitrogens is 1. The van der Waals surface area contributed by atoms with Crippen LogP contribution in [0.4, 0.5) is 14.6 Å². The van der Waals surface area contributed by atoms with E-state index in [4.69, 9.17) is 4.74 Å². The normalized spacial score (nSPS) is 19.4. The summed E-state index contributed by atoms with van der Waals surface area (Å²) < 4.78 is 33.0. The molecule has 1 aliphatic rings. The maximum atomic E-state index is 14.4. The van der Waals surface area contributed by atoms with Gasteiger partial charge in [-0.25, -0.2) is 13.8 Å². The molecule has 1 heterocycles. The van der Waals surface area contributed by atoms with Gasteiger partial charge < -0.3 is 20.5 Å². The molecule has 0 spiro atoms. The SMILES string of the molecule is COc1cc(F)ccc1-c1cc(NC(=O)C2CCCC(NC(=O)[C@H](C)O)C2)ncc1F. The van der Waals surface area contributed by atoms with Gasteiger partial charge in [0.1, 0.15) is 29.3 Å². The molecular weight excluding hydrogens is 408 g/mol. The highest BCUT2D eigenvalue weighted by Gasteiger charge is 2.29. The molecule has 2 unspecified atom stereocenters. The predicted molar refractivity (Wildman–Crippen MR) is 110 cm³/mol. The Bertz CT molecular complexity index is 968. The molecule has 1 aromatic carbocycles. The van der Waals surface area contributed by atoms with Crippen molar-refractivity contribution in [2.45, 2.75) is 44.8 Å². The lowest BCUT2D eigenvalue weighted by Crippen LogP contribution is -2.44. The first kappa shape index (κ1) is 22.6. The first-order chi connectivity index (χ1) is 14.8. The van der Waals surface area contributed by atoms with E-state index >= 15 is 0 Å². The van der Waals surface area contributed by atoms with Crippen LogP contribution in [0.25, 0.3) is 11.1 Å². The van der Waals surface area contributed by atoms with Crippen molar-refractivity contribution in [3.8, 4) is 16.9 Å². The molecule has 7 nitrogen and oxygen atoms in total. The Hall–Kier alpha value is -3.07. The van der Waals surface area contributed by atoms with E-state index in [-0.39, 0.29) is 35.0 Å². The number of nitrogens with zero attached hydrogens (tertiary/aromatic N) is 1. The van der Waals surface area contributed by atoms with Gasteiger partial charge in [-0.3, -0.25) is 9.59 Å². The molecule has 3 atom stereocenters. The Morgan fingerprint density at radius 3 is 2.71 bits per heavy atom. The fourth-order valence-electron chi connectivity index (χ4n) is 3.71. The number of rotatable bonds is 6. The number of pyridine rings is 1. The Morgan fingerprint density at radius 1 is 1.23 bits per heavy atom. The molecule has 31 heavy (non-hydrogen) atoms. The Balaban J connectivity index is 1.74. The molecule has 0 aliphatic heterocycles. The molecular formula is C22H25F2N3O4. The van der Waals surface area contributed by atoms with E-state index in [9.17, 15) is 23.5 Å². The highest BCUT2D eigenvalue weighted by atomic mass is 19.1. The number of hydrogen-bond donors (Lipinski definition) is 3. The zero-order valence-electron chi connectivity index (χ0n) is 17.3. The zero-order chi connectivity index (χ0) is 22.5. The van der Waals surface area contributed by atoms with E-state index in [0.29, 0.717) is 18.4 Å². The summed E-state index contributed by atoms with van der Waals surface area (Å²) in [5.74, 6) is -1.95. The van der Waals surface area contributed by atoms with Crippen LogP contribution in [0.2, 0.25) is 0 Å². The van der Waals surface area contributed by atoms with Crippen LogP contribution in [-0.2, 0) is 9.59 Å². The van der Waals surface area contributed by atoms with Crippen LogP contribution < -0.4 is 15.4 Å². The van der Waals surface area contributed by atoms with E-state index in [1.54, 1.807) is 0 Å². The average Bonchev–Trinajstić information content (AvgIpc) is 2.75. The third-order valence-electron chi connectivity index (χ3n) is 5.33. The quantitative estimate of drug-likeness (QED) is 0.650. The van der Waals surface area contributed by atoms with Crippen molar-refractivity contribution in [3.63, 3.8) is 0 Å². The van der Waals surface area contributed by atoms with Crippen LogP contribution in [0.5, 0.6) is 5.75 Å². The van der Waals surface area contributed by atoms with Crippen LogP contribution in [0.3, 0.4) is 0 Å². The number of amides is 2. The standard InChI is InChI=1S/C22H25F2N3O4/c1-12(28)21(29)26-15-5-3-4-13(8-15)22(30)27-20-10-17(18(24)11-25-20)16-7-6-14(23)9-19(16)31-2/h6-7,9-13,15,28H,3-5,8H2,1-2H3,(H,26,29)(H,25,27,30)/t12-,13?,15?/m0/s1. The maximum absolute atomic E-state index is 14.4. The van der Waals surface area contributed by atoms with Crippen molar-refractivity contribution < 1.29 is 28.2 Å². The number of carbonyl (C=O) groups excluding carboxylic acids is 2.